The number of imidazole rings is 1. The average Bonchev–Trinajstić information content (AvgIpc) is 3.26. The number of aromatic amines is 1. The van der Waals surface area contributed by atoms with E-state index < -0.39 is 6.35 Å². The highest BCUT2D eigenvalue weighted by molar-refractivity contribution is 5.98. The van der Waals surface area contributed by atoms with Crippen molar-refractivity contribution in [1.82, 2.24) is 9.97 Å². The number of hydrazone groups is 1. The van der Waals surface area contributed by atoms with Gasteiger partial charge in [-0.15, -0.1) is 5.10 Å². The molecule has 128 valence electrons. The summed E-state index contributed by atoms with van der Waals surface area (Å²) < 4.78 is 16.3. The quantitative estimate of drug-likeness (QED) is 0.755. The van der Waals surface area contributed by atoms with Gasteiger partial charge in [-0.05, 0) is 30.3 Å². The molecule has 1 atom stereocenters. The van der Waals surface area contributed by atoms with Crippen LogP contribution in [0.15, 0.2) is 47.8 Å². The second-order valence-electron chi connectivity index (χ2n) is 5.43. The second-order valence-corrected chi connectivity index (χ2v) is 5.43. The van der Waals surface area contributed by atoms with Crippen molar-refractivity contribution in [3.05, 3.63) is 48.3 Å². The van der Waals surface area contributed by atoms with Crippen LogP contribution in [0.2, 0.25) is 0 Å². The molecule has 0 bridgehead atoms. The molecule has 0 aliphatic carbocycles. The van der Waals surface area contributed by atoms with Crippen molar-refractivity contribution in [2.24, 2.45) is 10.8 Å². The largest absolute Gasteiger partial charge is 0.493 e. The molecule has 1 aromatic heterocycles. The molecule has 1 aliphatic heterocycles. The van der Waals surface area contributed by atoms with E-state index in [1.54, 1.807) is 37.7 Å². The van der Waals surface area contributed by atoms with E-state index in [1.807, 2.05) is 24.3 Å². The molecule has 0 amide bonds. The first-order chi connectivity index (χ1) is 12.2. The molecule has 25 heavy (non-hydrogen) atoms. The van der Waals surface area contributed by atoms with Crippen LogP contribution in [0.1, 0.15) is 5.56 Å². The number of fused-ring (bicyclic) bond motifs is 1. The van der Waals surface area contributed by atoms with E-state index in [4.69, 9.17) is 19.9 Å². The molecule has 3 N–H and O–H groups in total. The lowest BCUT2D eigenvalue weighted by Gasteiger charge is -2.19. The van der Waals surface area contributed by atoms with Gasteiger partial charge in [0, 0.05) is 11.6 Å². The standard InChI is InChI=1S/C17H17N5O3/c1-23-14-6-4-11(8-15(14)24-2)22-17(18)25-16(21-22)10-3-5-12-13(7-10)20-9-19-12/h3-9,17H,18H2,1-2H3,(H,19,20). The van der Waals surface area contributed by atoms with Crippen LogP contribution in [-0.2, 0) is 4.74 Å². The van der Waals surface area contributed by atoms with Gasteiger partial charge in [0.1, 0.15) is 0 Å². The van der Waals surface area contributed by atoms with Gasteiger partial charge in [-0.3, -0.25) is 5.73 Å². The van der Waals surface area contributed by atoms with Crippen LogP contribution in [0.3, 0.4) is 0 Å². The maximum absolute atomic E-state index is 6.09. The Kier molecular flexibility index (Phi) is 3.66. The van der Waals surface area contributed by atoms with Crippen LogP contribution in [-0.4, -0.2) is 36.4 Å². The van der Waals surface area contributed by atoms with Gasteiger partial charge >= 0.3 is 0 Å². The number of benzene rings is 2. The molecule has 2 heterocycles. The summed E-state index contributed by atoms with van der Waals surface area (Å²) in [6, 6.07) is 11.2. The number of nitrogens with one attached hydrogen (secondary N) is 1. The number of hydrogen-bond acceptors (Lipinski definition) is 7. The van der Waals surface area contributed by atoms with E-state index in [2.05, 4.69) is 15.1 Å². The molecule has 1 aliphatic rings. The minimum Gasteiger partial charge on any atom is -0.493 e. The first kappa shape index (κ1) is 15.3. The summed E-state index contributed by atoms with van der Waals surface area (Å²) in [5.41, 5.74) is 9.43. The minimum atomic E-state index is -0.731. The molecule has 4 rings (SSSR count). The fourth-order valence-corrected chi connectivity index (χ4v) is 2.71. The molecule has 0 saturated heterocycles. The van der Waals surface area contributed by atoms with Gasteiger partial charge < -0.3 is 19.2 Å². The fraction of sp³-hybridized carbons (Fsp3) is 0.176. The summed E-state index contributed by atoms with van der Waals surface area (Å²) >= 11 is 0. The highest BCUT2D eigenvalue weighted by Crippen LogP contribution is 2.33. The monoisotopic (exact) mass is 339 g/mol. The van der Waals surface area contributed by atoms with Gasteiger partial charge in [-0.2, -0.15) is 0 Å². The fourth-order valence-electron chi connectivity index (χ4n) is 2.71. The number of nitrogens with zero attached hydrogens (tertiary/aromatic N) is 3. The van der Waals surface area contributed by atoms with Crippen molar-refractivity contribution in [3.63, 3.8) is 0 Å². The number of nitrogens with two attached hydrogens (primary N) is 1. The van der Waals surface area contributed by atoms with Crippen LogP contribution in [0.4, 0.5) is 5.69 Å². The Morgan fingerprint density at radius 2 is 1.96 bits per heavy atom. The van der Waals surface area contributed by atoms with Gasteiger partial charge in [-0.25, -0.2) is 9.99 Å². The Hall–Kier alpha value is -3.26. The predicted molar refractivity (Wildman–Crippen MR) is 93.7 cm³/mol. The van der Waals surface area contributed by atoms with Crippen molar-refractivity contribution >= 4 is 22.6 Å². The number of methoxy groups -OCH3 is 2. The predicted octanol–water partition coefficient (Wildman–Crippen LogP) is 2.02. The van der Waals surface area contributed by atoms with Crippen LogP contribution in [0.25, 0.3) is 11.0 Å². The zero-order valence-corrected chi connectivity index (χ0v) is 13.8. The van der Waals surface area contributed by atoms with Crippen molar-refractivity contribution in [2.45, 2.75) is 6.35 Å². The van der Waals surface area contributed by atoms with E-state index >= 15 is 0 Å². The number of ether oxygens (including phenoxy) is 3. The SMILES string of the molecule is COc1ccc(N2N=C(c3ccc4nc[nH]c4c3)OC2N)cc1OC. The van der Waals surface area contributed by atoms with Crippen molar-refractivity contribution in [1.29, 1.82) is 0 Å². The second kappa shape index (κ2) is 5.99. The lowest BCUT2D eigenvalue weighted by atomic mass is 10.2. The molecular formula is C17H17N5O3. The summed E-state index contributed by atoms with van der Waals surface area (Å²) in [5.74, 6) is 1.67. The molecule has 2 aromatic carbocycles. The van der Waals surface area contributed by atoms with Gasteiger partial charge in [0.2, 0.25) is 12.2 Å². The highest BCUT2D eigenvalue weighted by atomic mass is 16.5. The van der Waals surface area contributed by atoms with E-state index in [0.29, 0.717) is 17.4 Å². The smallest absolute Gasteiger partial charge is 0.248 e. The van der Waals surface area contributed by atoms with E-state index in [-0.39, 0.29) is 0 Å². The average molecular weight is 339 g/mol. The Morgan fingerprint density at radius 1 is 1.12 bits per heavy atom. The number of anilines is 1. The van der Waals surface area contributed by atoms with Crippen molar-refractivity contribution < 1.29 is 14.2 Å². The summed E-state index contributed by atoms with van der Waals surface area (Å²) in [4.78, 5) is 7.27. The molecule has 8 heteroatoms. The van der Waals surface area contributed by atoms with E-state index in [9.17, 15) is 0 Å². The van der Waals surface area contributed by atoms with Crippen LogP contribution in [0, 0.1) is 0 Å². The van der Waals surface area contributed by atoms with Crippen molar-refractivity contribution in [2.75, 3.05) is 19.2 Å². The Balaban J connectivity index is 1.69. The van der Waals surface area contributed by atoms with Gasteiger partial charge in [0.15, 0.2) is 11.5 Å². The molecule has 0 spiro atoms. The molecule has 3 aromatic rings. The van der Waals surface area contributed by atoms with Crippen LogP contribution in [0.5, 0.6) is 11.5 Å². The number of rotatable bonds is 4. The zero-order chi connectivity index (χ0) is 17.4. The van der Waals surface area contributed by atoms with E-state index in [0.717, 1.165) is 22.3 Å². The number of H-pyrrole nitrogens is 1. The molecule has 8 nitrogen and oxygen atoms in total. The number of hydrogen-bond donors (Lipinski definition) is 2. The topological polar surface area (TPSA) is 98.0 Å². The summed E-state index contributed by atoms with van der Waals surface area (Å²) in [7, 11) is 3.17. The normalized spacial score (nSPS) is 16.7. The van der Waals surface area contributed by atoms with Crippen LogP contribution >= 0.6 is 0 Å². The van der Waals surface area contributed by atoms with E-state index in [1.165, 1.54) is 0 Å². The van der Waals surface area contributed by atoms with Gasteiger partial charge in [-0.1, -0.05) is 0 Å². The maximum Gasteiger partial charge on any atom is 0.248 e. The van der Waals surface area contributed by atoms with Crippen molar-refractivity contribution in [3.8, 4) is 11.5 Å². The lowest BCUT2D eigenvalue weighted by molar-refractivity contribution is 0.221. The summed E-state index contributed by atoms with van der Waals surface area (Å²) in [5, 5.41) is 6.10. The third-order valence-corrected chi connectivity index (χ3v) is 3.97. The zero-order valence-electron chi connectivity index (χ0n) is 13.8. The van der Waals surface area contributed by atoms with Gasteiger partial charge in [0.25, 0.3) is 0 Å². The third kappa shape index (κ3) is 2.62. The molecular weight excluding hydrogens is 322 g/mol. The maximum atomic E-state index is 6.09. The Bertz CT molecular complexity index is 952. The Labute approximate surface area is 143 Å². The molecule has 0 saturated carbocycles. The first-order valence-corrected chi connectivity index (χ1v) is 7.65. The molecule has 1 unspecified atom stereocenters. The highest BCUT2D eigenvalue weighted by Gasteiger charge is 2.27. The first-order valence-electron chi connectivity index (χ1n) is 7.65. The molecule has 0 fully saturated rings. The summed E-state index contributed by atoms with van der Waals surface area (Å²) in [6.07, 6.45) is 0.915. The lowest BCUT2D eigenvalue weighted by Crippen LogP contribution is -2.36. The number of aromatic nitrogens is 2. The van der Waals surface area contributed by atoms with Crippen LogP contribution < -0.4 is 20.2 Å². The molecule has 0 radical (unpaired) electrons. The summed E-state index contributed by atoms with van der Waals surface area (Å²) in [6.45, 7) is 0. The van der Waals surface area contributed by atoms with Gasteiger partial charge in [0.05, 0.1) is 37.3 Å². The minimum absolute atomic E-state index is 0.443. The third-order valence-electron chi connectivity index (χ3n) is 3.97. The Morgan fingerprint density at radius 3 is 2.76 bits per heavy atom.